The highest BCUT2D eigenvalue weighted by molar-refractivity contribution is 5.73. The molecule has 1 unspecified atom stereocenters. The molecule has 19 heteroatoms. The summed E-state index contributed by atoms with van der Waals surface area (Å²) in [4.78, 5) is 12.2. The van der Waals surface area contributed by atoms with E-state index in [1.54, 1.807) is 0 Å². The van der Waals surface area contributed by atoms with Gasteiger partial charge in [0.25, 0.3) is 0 Å². The summed E-state index contributed by atoms with van der Waals surface area (Å²) in [5, 5.41) is 106. The lowest BCUT2D eigenvalue weighted by atomic mass is 9.94. The van der Waals surface area contributed by atoms with Gasteiger partial charge in [-0.3, -0.25) is 4.79 Å². The predicted molar refractivity (Wildman–Crippen MR) is 141 cm³/mol. The van der Waals surface area contributed by atoms with Gasteiger partial charge in [0.15, 0.2) is 25.2 Å². The lowest BCUT2D eigenvalue weighted by Crippen LogP contribution is -2.69. The predicted octanol–water partition coefficient (Wildman–Crippen LogP) is -6.52. The first-order valence-corrected chi connectivity index (χ1v) is 14.7. The number of nitrogens with one attached hydrogen (secondary N) is 1. The number of ether oxygens (including phenoxy) is 7. The van der Waals surface area contributed by atoms with Crippen LogP contribution in [-0.2, 0) is 38.0 Å². The van der Waals surface area contributed by atoms with E-state index in [0.717, 1.165) is 6.92 Å². The van der Waals surface area contributed by atoms with E-state index in [2.05, 4.69) is 5.32 Å². The fourth-order valence-electron chi connectivity index (χ4n) is 5.82. The standard InChI is InChI=1S/C26H45NO18/c1-7-15(32)10(31)4-13(39-7)43-23-19(36)17(34)11(5-28)42-26(23)45-22-14(27-9(3)30)24(38)41-12(6-29)21(22)44-25-20(37)18(35)16(33)8(2)40-25/h7-8,10-26,28-29,31-38H,4-6H2,1-3H3,(H,27,30)/t7-,8-,10-,11+,12+,13-,14+,15+,16+,17-,18+,19-,20-,21+,22+,23+,24?,25-,26-/m0/s1. The van der Waals surface area contributed by atoms with Gasteiger partial charge in [0, 0.05) is 13.3 Å². The second-order valence-electron chi connectivity index (χ2n) is 11.7. The zero-order valence-corrected chi connectivity index (χ0v) is 24.8. The van der Waals surface area contributed by atoms with E-state index in [1.807, 2.05) is 0 Å². The number of carbonyl (C=O) groups is 1. The maximum absolute atomic E-state index is 12.2. The van der Waals surface area contributed by atoms with Crippen molar-refractivity contribution < 1.29 is 89.0 Å². The molecule has 0 aromatic heterocycles. The van der Waals surface area contributed by atoms with Crippen molar-refractivity contribution >= 4 is 5.91 Å². The first-order valence-electron chi connectivity index (χ1n) is 14.7. The highest BCUT2D eigenvalue weighted by Crippen LogP contribution is 2.35. The summed E-state index contributed by atoms with van der Waals surface area (Å²) in [7, 11) is 0. The molecule has 0 radical (unpaired) electrons. The van der Waals surface area contributed by atoms with Crippen LogP contribution in [0.15, 0.2) is 0 Å². The van der Waals surface area contributed by atoms with Crippen molar-refractivity contribution in [3.05, 3.63) is 0 Å². The van der Waals surface area contributed by atoms with Crippen molar-refractivity contribution in [2.75, 3.05) is 13.2 Å². The van der Waals surface area contributed by atoms with Crippen LogP contribution in [0.1, 0.15) is 27.2 Å². The van der Waals surface area contributed by atoms with Crippen molar-refractivity contribution in [3.8, 4) is 0 Å². The summed E-state index contributed by atoms with van der Waals surface area (Å²) >= 11 is 0. The molecule has 4 fully saturated rings. The second-order valence-corrected chi connectivity index (χ2v) is 11.7. The third kappa shape index (κ3) is 7.92. The van der Waals surface area contributed by atoms with E-state index in [4.69, 9.17) is 33.2 Å². The van der Waals surface area contributed by atoms with E-state index in [-0.39, 0.29) is 6.42 Å². The second kappa shape index (κ2) is 15.3. The molecule has 0 spiro atoms. The minimum absolute atomic E-state index is 0.257. The Kier molecular flexibility index (Phi) is 12.5. The molecule has 4 aliphatic rings. The van der Waals surface area contributed by atoms with E-state index in [1.165, 1.54) is 13.8 Å². The Morgan fingerprint density at radius 2 is 1.29 bits per heavy atom. The lowest BCUT2D eigenvalue weighted by molar-refractivity contribution is -0.384. The summed E-state index contributed by atoms with van der Waals surface area (Å²) in [5.74, 6) is -0.670. The monoisotopic (exact) mass is 659 g/mol. The Morgan fingerprint density at radius 1 is 0.667 bits per heavy atom. The molecule has 0 bridgehead atoms. The van der Waals surface area contributed by atoms with Crippen LogP contribution in [0, 0.1) is 0 Å². The first kappa shape index (κ1) is 36.6. The molecule has 4 aliphatic heterocycles. The van der Waals surface area contributed by atoms with E-state index in [9.17, 15) is 55.9 Å². The number of aliphatic hydroxyl groups is 10. The Labute approximate surface area is 257 Å². The molecule has 262 valence electrons. The number of rotatable bonds is 9. The SMILES string of the molecule is CC(=O)N[C@H]1C(O)O[C@H](CO)[C@@H](O[C@@H]2O[C@@H](C)[C@@H](O)[C@@H](O)[C@@H]2O)[C@@H]1O[C@@H]1O[C@H](CO)[C@H](O)[C@H](O)[C@H]1O[C@H]1C[C@H](O)[C@H](O)[C@H](C)O1. The molecular weight excluding hydrogens is 614 g/mol. The van der Waals surface area contributed by atoms with Gasteiger partial charge >= 0.3 is 0 Å². The molecule has 19 atom stereocenters. The third-order valence-corrected chi connectivity index (χ3v) is 8.42. The zero-order chi connectivity index (χ0) is 33.3. The van der Waals surface area contributed by atoms with Gasteiger partial charge in [-0.25, -0.2) is 0 Å². The molecule has 0 aromatic rings. The van der Waals surface area contributed by atoms with Crippen LogP contribution >= 0.6 is 0 Å². The topological polar surface area (TPSA) is 296 Å². The molecule has 4 saturated heterocycles. The molecule has 4 heterocycles. The van der Waals surface area contributed by atoms with Crippen molar-refractivity contribution in [1.29, 1.82) is 0 Å². The van der Waals surface area contributed by atoms with Gasteiger partial charge in [0.2, 0.25) is 5.91 Å². The van der Waals surface area contributed by atoms with Crippen molar-refractivity contribution in [3.63, 3.8) is 0 Å². The fourth-order valence-corrected chi connectivity index (χ4v) is 5.82. The minimum atomic E-state index is -1.83. The third-order valence-electron chi connectivity index (χ3n) is 8.42. The number of aliphatic hydroxyl groups excluding tert-OH is 10. The van der Waals surface area contributed by atoms with Crippen LogP contribution in [-0.4, -0.2) is 187 Å². The average Bonchev–Trinajstić information content (AvgIpc) is 2.99. The highest BCUT2D eigenvalue weighted by Gasteiger charge is 2.55. The number of carbonyl (C=O) groups excluding carboxylic acids is 1. The summed E-state index contributed by atoms with van der Waals surface area (Å²) < 4.78 is 40.2. The fraction of sp³-hybridized carbons (Fsp3) is 0.962. The molecule has 19 nitrogen and oxygen atoms in total. The molecule has 4 rings (SSSR count). The molecule has 11 N–H and O–H groups in total. The van der Waals surface area contributed by atoms with E-state index < -0.39 is 136 Å². The minimum Gasteiger partial charge on any atom is -0.394 e. The Bertz CT molecular complexity index is 953. The summed E-state index contributed by atoms with van der Waals surface area (Å²) in [5.41, 5.74) is 0. The van der Waals surface area contributed by atoms with Gasteiger partial charge in [-0.1, -0.05) is 0 Å². The van der Waals surface area contributed by atoms with Gasteiger partial charge in [-0.2, -0.15) is 0 Å². The van der Waals surface area contributed by atoms with Gasteiger partial charge in [0.05, 0.1) is 31.5 Å². The van der Waals surface area contributed by atoms with Crippen LogP contribution in [0.2, 0.25) is 0 Å². The van der Waals surface area contributed by atoms with Crippen LogP contribution in [0.4, 0.5) is 0 Å². The summed E-state index contributed by atoms with van der Waals surface area (Å²) in [6.45, 7) is 2.39. The van der Waals surface area contributed by atoms with Crippen molar-refractivity contribution in [1.82, 2.24) is 5.32 Å². The van der Waals surface area contributed by atoms with E-state index >= 15 is 0 Å². The molecule has 1 amide bonds. The molecular formula is C26H45NO18. The normalized spacial score (nSPS) is 51.1. The maximum atomic E-state index is 12.2. The van der Waals surface area contributed by atoms with Crippen LogP contribution in [0.25, 0.3) is 0 Å². The lowest BCUT2D eigenvalue weighted by Gasteiger charge is -2.50. The molecule has 0 aliphatic carbocycles. The summed E-state index contributed by atoms with van der Waals surface area (Å²) in [6.07, 6.45) is -27.3. The smallest absolute Gasteiger partial charge is 0.217 e. The molecule has 45 heavy (non-hydrogen) atoms. The van der Waals surface area contributed by atoms with Crippen LogP contribution in [0.3, 0.4) is 0 Å². The Morgan fingerprint density at radius 3 is 1.89 bits per heavy atom. The van der Waals surface area contributed by atoms with Crippen LogP contribution in [0.5, 0.6) is 0 Å². The van der Waals surface area contributed by atoms with Crippen LogP contribution < -0.4 is 5.32 Å². The quantitative estimate of drug-likeness (QED) is 0.110. The number of hydrogen-bond donors (Lipinski definition) is 11. The van der Waals surface area contributed by atoms with Gasteiger partial charge in [0.1, 0.15) is 73.2 Å². The zero-order valence-electron chi connectivity index (χ0n) is 24.8. The average molecular weight is 660 g/mol. The van der Waals surface area contributed by atoms with Gasteiger partial charge in [-0.05, 0) is 13.8 Å². The maximum Gasteiger partial charge on any atom is 0.217 e. The Hall–Kier alpha value is -1.21. The largest absolute Gasteiger partial charge is 0.394 e. The molecule has 0 saturated carbocycles. The number of amides is 1. The number of hydrogen-bond acceptors (Lipinski definition) is 18. The Balaban J connectivity index is 1.67. The van der Waals surface area contributed by atoms with E-state index in [0.29, 0.717) is 0 Å². The van der Waals surface area contributed by atoms with Crippen molar-refractivity contribution in [2.24, 2.45) is 0 Å². The molecule has 0 aromatic carbocycles. The first-order chi connectivity index (χ1) is 21.2. The van der Waals surface area contributed by atoms with Gasteiger partial charge in [-0.15, -0.1) is 0 Å². The van der Waals surface area contributed by atoms with Gasteiger partial charge < -0.3 is 89.5 Å². The summed E-state index contributed by atoms with van der Waals surface area (Å²) in [6, 6.07) is -1.48. The van der Waals surface area contributed by atoms with Crippen molar-refractivity contribution in [2.45, 2.75) is 144 Å². The highest BCUT2D eigenvalue weighted by atomic mass is 16.8.